The lowest BCUT2D eigenvalue weighted by molar-refractivity contribution is -0.140. The second-order valence-corrected chi connectivity index (χ2v) is 1.89. The van der Waals surface area contributed by atoms with E-state index in [4.69, 9.17) is 5.11 Å². The van der Waals surface area contributed by atoms with Gasteiger partial charge in [0.05, 0.1) is 6.61 Å². The molecule has 0 saturated carbocycles. The predicted molar refractivity (Wildman–Crippen MR) is 37.5 cm³/mol. The number of aliphatic hydroxyl groups excluding tert-OH is 1. The predicted octanol–water partition coefficient (Wildman–Crippen LogP) is 0.488. The van der Waals surface area contributed by atoms with Crippen LogP contribution in [-0.4, -0.2) is 24.3 Å². The molecule has 0 amide bonds. The number of aliphatic hydroxyl groups is 1. The Labute approximate surface area is 60.3 Å². The fraction of sp³-hybridized carbons (Fsp3) is 0.571. The first-order valence-corrected chi connectivity index (χ1v) is 3.09. The van der Waals surface area contributed by atoms with Gasteiger partial charge < -0.3 is 9.84 Å². The molecule has 0 heterocycles. The van der Waals surface area contributed by atoms with E-state index in [1.165, 1.54) is 6.92 Å². The van der Waals surface area contributed by atoms with E-state index < -0.39 is 0 Å². The maximum Gasteiger partial charge on any atom is 0.302 e. The van der Waals surface area contributed by atoms with Crippen LogP contribution in [-0.2, 0) is 9.53 Å². The third-order valence-electron chi connectivity index (χ3n) is 1.07. The molecule has 0 fully saturated rings. The minimum Gasteiger partial charge on any atom is -0.461 e. The number of ether oxygens (including phenoxy) is 1. The normalized spacial score (nSPS) is 11.3. The second kappa shape index (κ2) is 4.99. The molecule has 0 aliphatic heterocycles. The molecule has 3 nitrogen and oxygen atoms in total. The zero-order valence-corrected chi connectivity index (χ0v) is 6.26. The minimum atomic E-state index is -0.326. The summed E-state index contributed by atoms with van der Waals surface area (Å²) in [6.07, 6.45) is 1.73. The quantitative estimate of drug-likeness (QED) is 0.463. The molecule has 0 radical (unpaired) electrons. The Kier molecular flexibility index (Phi) is 4.58. The third-order valence-corrected chi connectivity index (χ3v) is 1.07. The van der Waals surface area contributed by atoms with Crippen LogP contribution in [0.15, 0.2) is 11.6 Å². The molecule has 10 heavy (non-hydrogen) atoms. The number of allylic oxidation sites excluding steroid dienone is 1. The van der Waals surface area contributed by atoms with E-state index in [1.54, 1.807) is 13.0 Å². The summed E-state index contributed by atoms with van der Waals surface area (Å²) in [5, 5.41) is 8.58. The maximum atomic E-state index is 10.2. The van der Waals surface area contributed by atoms with Gasteiger partial charge in [-0.15, -0.1) is 0 Å². The van der Waals surface area contributed by atoms with Crippen LogP contribution in [0.4, 0.5) is 0 Å². The van der Waals surface area contributed by atoms with E-state index in [0.29, 0.717) is 0 Å². The molecule has 0 aliphatic carbocycles. The Morgan fingerprint density at radius 3 is 2.60 bits per heavy atom. The first-order chi connectivity index (χ1) is 4.70. The molecule has 0 spiro atoms. The zero-order valence-electron chi connectivity index (χ0n) is 6.26. The summed E-state index contributed by atoms with van der Waals surface area (Å²) < 4.78 is 4.62. The van der Waals surface area contributed by atoms with Crippen LogP contribution in [0.3, 0.4) is 0 Å². The summed E-state index contributed by atoms with van der Waals surface area (Å²) in [6.45, 7) is 3.27. The van der Waals surface area contributed by atoms with Gasteiger partial charge in [-0.2, -0.15) is 0 Å². The van der Waals surface area contributed by atoms with Crippen LogP contribution in [0, 0.1) is 0 Å². The van der Waals surface area contributed by atoms with Gasteiger partial charge in [0, 0.05) is 6.92 Å². The van der Waals surface area contributed by atoms with Crippen molar-refractivity contribution in [3.05, 3.63) is 11.6 Å². The van der Waals surface area contributed by atoms with Crippen LogP contribution in [0.1, 0.15) is 13.8 Å². The Morgan fingerprint density at radius 2 is 2.30 bits per heavy atom. The second-order valence-electron chi connectivity index (χ2n) is 1.89. The van der Waals surface area contributed by atoms with Gasteiger partial charge >= 0.3 is 5.97 Å². The first-order valence-electron chi connectivity index (χ1n) is 3.09. The summed E-state index contributed by atoms with van der Waals surface area (Å²) in [4.78, 5) is 10.2. The van der Waals surface area contributed by atoms with Crippen molar-refractivity contribution in [2.24, 2.45) is 0 Å². The molecule has 0 rings (SSSR count). The van der Waals surface area contributed by atoms with Gasteiger partial charge in [-0.1, -0.05) is 6.08 Å². The monoisotopic (exact) mass is 144 g/mol. The highest BCUT2D eigenvalue weighted by Gasteiger charge is 1.95. The Bertz CT molecular complexity index is 138. The molecular weight excluding hydrogens is 132 g/mol. The number of hydrogen-bond donors (Lipinski definition) is 1. The standard InChI is InChI=1S/C7H12O3/c1-3-7(4-8)5-10-6(2)9/h3,8H,4-5H2,1-2H3/b7-3-. The van der Waals surface area contributed by atoms with Gasteiger partial charge in [0.15, 0.2) is 0 Å². The third kappa shape index (κ3) is 4.09. The van der Waals surface area contributed by atoms with Gasteiger partial charge in [-0.25, -0.2) is 0 Å². The van der Waals surface area contributed by atoms with E-state index in [0.717, 1.165) is 5.57 Å². The van der Waals surface area contributed by atoms with Gasteiger partial charge in [0.1, 0.15) is 6.61 Å². The van der Waals surface area contributed by atoms with Crippen LogP contribution in [0.5, 0.6) is 0 Å². The van der Waals surface area contributed by atoms with E-state index in [1.807, 2.05) is 0 Å². The molecule has 0 aromatic heterocycles. The van der Waals surface area contributed by atoms with E-state index >= 15 is 0 Å². The van der Waals surface area contributed by atoms with Crippen molar-refractivity contribution in [2.45, 2.75) is 13.8 Å². The van der Waals surface area contributed by atoms with Crippen molar-refractivity contribution in [3.63, 3.8) is 0 Å². The molecule has 0 aromatic carbocycles. The van der Waals surface area contributed by atoms with Gasteiger partial charge in [0.2, 0.25) is 0 Å². The summed E-state index contributed by atoms with van der Waals surface area (Å²) in [7, 11) is 0. The van der Waals surface area contributed by atoms with Crippen molar-refractivity contribution < 1.29 is 14.6 Å². The van der Waals surface area contributed by atoms with Crippen molar-refractivity contribution in [1.82, 2.24) is 0 Å². The van der Waals surface area contributed by atoms with E-state index in [2.05, 4.69) is 4.74 Å². The number of hydrogen-bond acceptors (Lipinski definition) is 3. The molecule has 0 aromatic rings. The number of rotatable bonds is 3. The molecule has 0 bridgehead atoms. The molecule has 58 valence electrons. The van der Waals surface area contributed by atoms with Gasteiger partial charge in [-0.05, 0) is 12.5 Å². The van der Waals surface area contributed by atoms with Crippen molar-refractivity contribution in [1.29, 1.82) is 0 Å². The van der Waals surface area contributed by atoms with Crippen molar-refractivity contribution in [3.8, 4) is 0 Å². The average Bonchev–Trinajstić information content (AvgIpc) is 1.90. The first kappa shape index (κ1) is 9.17. The lowest BCUT2D eigenvalue weighted by Crippen LogP contribution is -2.05. The largest absolute Gasteiger partial charge is 0.461 e. The molecular formula is C7H12O3. The Hall–Kier alpha value is -0.830. The fourth-order valence-corrected chi connectivity index (χ4v) is 0.415. The molecule has 0 atom stereocenters. The average molecular weight is 144 g/mol. The molecule has 1 N–H and O–H groups in total. The lowest BCUT2D eigenvalue weighted by Gasteiger charge is -2.01. The summed E-state index contributed by atoms with van der Waals surface area (Å²) in [5.74, 6) is -0.326. The van der Waals surface area contributed by atoms with E-state index in [9.17, 15) is 4.79 Å². The van der Waals surface area contributed by atoms with Crippen LogP contribution in [0.2, 0.25) is 0 Å². The summed E-state index contributed by atoms with van der Waals surface area (Å²) in [5.41, 5.74) is 0.718. The summed E-state index contributed by atoms with van der Waals surface area (Å²) >= 11 is 0. The molecule has 0 aliphatic rings. The highest BCUT2D eigenvalue weighted by atomic mass is 16.5. The molecule has 0 saturated heterocycles. The van der Waals surface area contributed by atoms with Crippen LogP contribution >= 0.6 is 0 Å². The smallest absolute Gasteiger partial charge is 0.302 e. The maximum absolute atomic E-state index is 10.2. The van der Waals surface area contributed by atoms with Crippen LogP contribution < -0.4 is 0 Å². The fourth-order valence-electron chi connectivity index (χ4n) is 0.415. The Morgan fingerprint density at radius 1 is 1.70 bits per heavy atom. The molecule has 0 unspecified atom stereocenters. The number of carbonyl (C=O) groups excluding carboxylic acids is 1. The minimum absolute atomic E-state index is 0.0518. The lowest BCUT2D eigenvalue weighted by atomic mass is 10.3. The highest BCUT2D eigenvalue weighted by molar-refractivity contribution is 5.66. The zero-order chi connectivity index (χ0) is 7.98. The number of esters is 1. The Balaban J connectivity index is 3.56. The number of carbonyl (C=O) groups is 1. The topological polar surface area (TPSA) is 46.5 Å². The molecule has 3 heteroatoms. The summed E-state index contributed by atoms with van der Waals surface area (Å²) in [6, 6.07) is 0. The van der Waals surface area contributed by atoms with Crippen molar-refractivity contribution >= 4 is 5.97 Å². The highest BCUT2D eigenvalue weighted by Crippen LogP contribution is 1.92. The van der Waals surface area contributed by atoms with Crippen molar-refractivity contribution in [2.75, 3.05) is 13.2 Å². The van der Waals surface area contributed by atoms with Gasteiger partial charge in [-0.3, -0.25) is 4.79 Å². The SMILES string of the molecule is C/C=C(/CO)COC(C)=O. The van der Waals surface area contributed by atoms with E-state index in [-0.39, 0.29) is 19.2 Å². The van der Waals surface area contributed by atoms with Gasteiger partial charge in [0.25, 0.3) is 0 Å². The van der Waals surface area contributed by atoms with Crippen LogP contribution in [0.25, 0.3) is 0 Å².